The molecule has 1 saturated carbocycles. The fourth-order valence-electron chi connectivity index (χ4n) is 5.11. The number of anilines is 1. The van der Waals surface area contributed by atoms with Crippen LogP contribution in [-0.2, 0) is 18.4 Å². The molecule has 0 bridgehead atoms. The Morgan fingerprint density at radius 2 is 1.69 bits per heavy atom. The third-order valence-electron chi connectivity index (χ3n) is 7.20. The van der Waals surface area contributed by atoms with E-state index in [0.717, 1.165) is 25.2 Å². The van der Waals surface area contributed by atoms with Crippen LogP contribution in [0, 0.1) is 6.92 Å². The van der Waals surface area contributed by atoms with Crippen LogP contribution in [0.5, 0.6) is 0 Å². The highest BCUT2D eigenvalue weighted by atomic mass is 16.3. The lowest BCUT2D eigenvalue weighted by atomic mass is 9.60. The number of oxazole rings is 1. The molecule has 1 aliphatic heterocycles. The average Bonchev–Trinajstić information content (AvgIpc) is 3.34. The van der Waals surface area contributed by atoms with E-state index in [2.05, 4.69) is 70.3 Å². The Balaban J connectivity index is 1.25. The molecule has 6 rings (SSSR count). The minimum atomic E-state index is 0.181. The van der Waals surface area contributed by atoms with Crippen molar-refractivity contribution in [2.24, 2.45) is 0 Å². The molecule has 3 heterocycles. The number of hydrogen-bond donors (Lipinski definition) is 0. The SMILES string of the molecule is Cc1ccc(C2(c3ccc(N4CCc5cnc(-c6cocn6)nc5C4)cc3)CCC2)cc1. The van der Waals surface area contributed by atoms with Gasteiger partial charge in [0.05, 0.1) is 12.2 Å². The number of aryl methyl sites for hydroxylation is 1. The summed E-state index contributed by atoms with van der Waals surface area (Å²) >= 11 is 0. The summed E-state index contributed by atoms with van der Waals surface area (Å²) in [4.78, 5) is 15.8. The van der Waals surface area contributed by atoms with Gasteiger partial charge in [-0.1, -0.05) is 48.4 Å². The third-order valence-corrected chi connectivity index (χ3v) is 7.20. The van der Waals surface area contributed by atoms with Gasteiger partial charge < -0.3 is 9.32 Å². The molecule has 160 valence electrons. The zero-order chi connectivity index (χ0) is 21.5. The largest absolute Gasteiger partial charge is 0.451 e. The first-order valence-corrected chi connectivity index (χ1v) is 11.4. The molecular weight excluding hydrogens is 396 g/mol. The maximum atomic E-state index is 5.09. The van der Waals surface area contributed by atoms with Gasteiger partial charge in [-0.15, -0.1) is 0 Å². The van der Waals surface area contributed by atoms with Gasteiger partial charge in [-0.3, -0.25) is 0 Å². The lowest BCUT2D eigenvalue weighted by molar-refractivity contribution is 0.301. The van der Waals surface area contributed by atoms with E-state index in [4.69, 9.17) is 9.40 Å². The molecule has 5 nitrogen and oxygen atoms in total. The predicted octanol–water partition coefficient (Wildman–Crippen LogP) is 5.47. The first kappa shape index (κ1) is 19.2. The molecular formula is C27H26N4O. The minimum absolute atomic E-state index is 0.181. The maximum Gasteiger partial charge on any atom is 0.181 e. The molecule has 1 aliphatic carbocycles. The van der Waals surface area contributed by atoms with Gasteiger partial charge >= 0.3 is 0 Å². The third kappa shape index (κ3) is 3.20. The standard InChI is InChI=1S/C27H26N4O/c1-19-3-5-21(6-4-19)27(12-2-13-27)22-7-9-23(10-8-22)31-14-11-20-15-28-26(30-24(20)16-31)25-17-32-18-29-25/h3-10,15,17-18H,2,11-14,16H2,1H3. The monoisotopic (exact) mass is 422 g/mol. The first-order chi connectivity index (χ1) is 15.7. The quantitative estimate of drug-likeness (QED) is 0.436. The second kappa shape index (κ2) is 7.59. The lowest BCUT2D eigenvalue weighted by Crippen LogP contribution is -2.35. The highest BCUT2D eigenvalue weighted by Gasteiger charge is 2.40. The molecule has 2 aromatic heterocycles. The van der Waals surface area contributed by atoms with Crippen LogP contribution < -0.4 is 4.90 Å². The predicted molar refractivity (Wildman–Crippen MR) is 125 cm³/mol. The summed E-state index contributed by atoms with van der Waals surface area (Å²) in [5.41, 5.74) is 8.60. The zero-order valence-electron chi connectivity index (χ0n) is 18.3. The van der Waals surface area contributed by atoms with Gasteiger partial charge in [0.2, 0.25) is 0 Å². The fraction of sp³-hybridized carbons (Fsp3) is 0.296. The molecule has 0 unspecified atom stereocenters. The molecule has 1 fully saturated rings. The number of fused-ring (bicyclic) bond motifs is 1. The van der Waals surface area contributed by atoms with Crippen LogP contribution in [0.25, 0.3) is 11.5 Å². The normalized spacial score (nSPS) is 17.0. The van der Waals surface area contributed by atoms with Crippen molar-refractivity contribution in [2.75, 3.05) is 11.4 Å². The summed E-state index contributed by atoms with van der Waals surface area (Å²) in [6, 6.07) is 18.4. The van der Waals surface area contributed by atoms with Crippen LogP contribution in [-0.4, -0.2) is 21.5 Å². The molecule has 0 spiro atoms. The van der Waals surface area contributed by atoms with E-state index < -0.39 is 0 Å². The highest BCUT2D eigenvalue weighted by Crippen LogP contribution is 2.49. The summed E-state index contributed by atoms with van der Waals surface area (Å²) in [6.45, 7) is 3.91. The molecule has 0 atom stereocenters. The van der Waals surface area contributed by atoms with E-state index in [1.807, 2.05) is 6.20 Å². The molecule has 2 aromatic carbocycles. The van der Waals surface area contributed by atoms with Crippen LogP contribution in [0.3, 0.4) is 0 Å². The Hall–Kier alpha value is -3.47. The van der Waals surface area contributed by atoms with Gasteiger partial charge in [-0.25, -0.2) is 15.0 Å². The van der Waals surface area contributed by atoms with Crippen molar-refractivity contribution < 1.29 is 4.42 Å². The summed E-state index contributed by atoms with van der Waals surface area (Å²) in [6.07, 6.45) is 9.65. The topological polar surface area (TPSA) is 55.1 Å². The van der Waals surface area contributed by atoms with Crippen LogP contribution in [0.15, 0.2) is 71.8 Å². The smallest absolute Gasteiger partial charge is 0.181 e. The van der Waals surface area contributed by atoms with Crippen LogP contribution in [0.2, 0.25) is 0 Å². The van der Waals surface area contributed by atoms with Crippen molar-refractivity contribution in [1.82, 2.24) is 15.0 Å². The van der Waals surface area contributed by atoms with E-state index >= 15 is 0 Å². The second-order valence-corrected chi connectivity index (χ2v) is 9.06. The minimum Gasteiger partial charge on any atom is -0.451 e. The summed E-state index contributed by atoms with van der Waals surface area (Å²) in [5, 5.41) is 0. The molecule has 2 aliphatic rings. The number of nitrogens with zero attached hydrogens (tertiary/aromatic N) is 4. The van der Waals surface area contributed by atoms with Crippen LogP contribution >= 0.6 is 0 Å². The fourth-order valence-corrected chi connectivity index (χ4v) is 5.11. The van der Waals surface area contributed by atoms with Gasteiger partial charge in [0.1, 0.15) is 12.0 Å². The molecule has 0 saturated heterocycles. The van der Waals surface area contributed by atoms with Crippen LogP contribution in [0.1, 0.15) is 47.2 Å². The van der Waals surface area contributed by atoms with Crippen molar-refractivity contribution in [2.45, 2.75) is 44.6 Å². The van der Waals surface area contributed by atoms with Gasteiger partial charge in [0, 0.05) is 23.8 Å². The summed E-state index contributed by atoms with van der Waals surface area (Å²) in [7, 11) is 0. The van der Waals surface area contributed by atoms with E-state index in [9.17, 15) is 0 Å². The molecule has 0 N–H and O–H groups in total. The van der Waals surface area contributed by atoms with E-state index in [1.54, 1.807) is 6.26 Å². The van der Waals surface area contributed by atoms with Gasteiger partial charge in [0.25, 0.3) is 0 Å². The van der Waals surface area contributed by atoms with E-state index in [-0.39, 0.29) is 5.41 Å². The highest BCUT2D eigenvalue weighted by molar-refractivity contribution is 5.54. The Morgan fingerprint density at radius 3 is 2.34 bits per heavy atom. The maximum absolute atomic E-state index is 5.09. The molecule has 5 heteroatoms. The van der Waals surface area contributed by atoms with Gasteiger partial charge in [-0.2, -0.15) is 0 Å². The van der Waals surface area contributed by atoms with Crippen molar-refractivity contribution in [3.05, 3.63) is 95.3 Å². The van der Waals surface area contributed by atoms with Crippen molar-refractivity contribution in [3.63, 3.8) is 0 Å². The zero-order valence-corrected chi connectivity index (χ0v) is 18.3. The molecule has 32 heavy (non-hydrogen) atoms. The van der Waals surface area contributed by atoms with Gasteiger partial charge in [0.15, 0.2) is 12.2 Å². The number of hydrogen-bond acceptors (Lipinski definition) is 5. The van der Waals surface area contributed by atoms with E-state index in [1.165, 1.54) is 53.6 Å². The Kier molecular flexibility index (Phi) is 4.56. The summed E-state index contributed by atoms with van der Waals surface area (Å²) in [5.74, 6) is 0.625. The second-order valence-electron chi connectivity index (χ2n) is 9.06. The van der Waals surface area contributed by atoms with Gasteiger partial charge in [-0.05, 0) is 55.0 Å². The Labute approximate surface area is 188 Å². The summed E-state index contributed by atoms with van der Waals surface area (Å²) < 4.78 is 5.09. The van der Waals surface area contributed by atoms with Crippen molar-refractivity contribution in [3.8, 4) is 11.5 Å². The molecule has 0 amide bonds. The molecule has 4 aromatic rings. The first-order valence-electron chi connectivity index (χ1n) is 11.4. The van der Waals surface area contributed by atoms with Crippen LogP contribution in [0.4, 0.5) is 5.69 Å². The number of benzene rings is 2. The Morgan fingerprint density at radius 1 is 0.938 bits per heavy atom. The van der Waals surface area contributed by atoms with Crippen molar-refractivity contribution >= 4 is 5.69 Å². The number of aromatic nitrogens is 3. The average molecular weight is 423 g/mol. The molecule has 0 radical (unpaired) electrons. The van der Waals surface area contributed by atoms with Crippen molar-refractivity contribution in [1.29, 1.82) is 0 Å². The van der Waals surface area contributed by atoms with E-state index in [0.29, 0.717) is 11.5 Å². The lowest BCUT2D eigenvalue weighted by Gasteiger charge is -2.43. The number of rotatable bonds is 4. The Bertz CT molecular complexity index is 1230.